The Morgan fingerprint density at radius 2 is 2.05 bits per heavy atom. The van der Waals surface area contributed by atoms with Gasteiger partial charge in [-0.05, 0) is 19.4 Å². The normalized spacial score (nSPS) is 29.7. The minimum Gasteiger partial charge on any atom is -0.307 e. The highest BCUT2D eigenvalue weighted by atomic mass is 15.4. The second-order valence-corrected chi connectivity index (χ2v) is 6.22. The second kappa shape index (κ2) is 6.85. The molecule has 21 heavy (non-hydrogen) atoms. The van der Waals surface area contributed by atoms with Crippen molar-refractivity contribution in [3.63, 3.8) is 0 Å². The van der Waals surface area contributed by atoms with E-state index in [4.69, 9.17) is 0 Å². The lowest BCUT2D eigenvalue weighted by atomic mass is 9.97. The van der Waals surface area contributed by atoms with Crippen molar-refractivity contribution < 1.29 is 0 Å². The molecule has 6 heteroatoms. The highest BCUT2D eigenvalue weighted by molar-refractivity contribution is 5.09. The molecule has 3 aliphatic rings. The van der Waals surface area contributed by atoms with Gasteiger partial charge in [0.2, 0.25) is 0 Å². The average Bonchev–Trinajstić information content (AvgIpc) is 2.98. The van der Waals surface area contributed by atoms with Gasteiger partial charge in [-0.3, -0.25) is 9.80 Å². The van der Waals surface area contributed by atoms with Gasteiger partial charge in [-0.2, -0.15) is 0 Å². The van der Waals surface area contributed by atoms with E-state index in [9.17, 15) is 0 Å². The molecule has 0 amide bonds. The highest BCUT2D eigenvalue weighted by Crippen LogP contribution is 2.27. The number of rotatable bonds is 7. The Kier molecular flexibility index (Phi) is 4.87. The topological polar surface area (TPSA) is 49.2 Å². The van der Waals surface area contributed by atoms with E-state index in [1.54, 1.807) is 0 Å². The van der Waals surface area contributed by atoms with Gasteiger partial charge in [0.25, 0.3) is 0 Å². The molecule has 4 rings (SSSR count). The minimum absolute atomic E-state index is 0.342. The van der Waals surface area contributed by atoms with Crippen LogP contribution in [0.25, 0.3) is 0 Å². The Balaban J connectivity index is 1.81. The fraction of sp³-hybridized carbons (Fsp3) is 0.867. The number of hydrogen-bond acceptors (Lipinski definition) is 5. The molecule has 3 aliphatic heterocycles. The van der Waals surface area contributed by atoms with Gasteiger partial charge in [0.15, 0.2) is 0 Å². The van der Waals surface area contributed by atoms with Crippen LogP contribution in [0.1, 0.15) is 38.4 Å². The molecule has 0 radical (unpaired) electrons. The molecule has 2 unspecified atom stereocenters. The number of fused-ring (bicyclic) bond motifs is 3. The molecule has 0 aliphatic carbocycles. The fourth-order valence-electron chi connectivity index (χ4n) is 3.60. The summed E-state index contributed by atoms with van der Waals surface area (Å²) >= 11 is 0. The monoisotopic (exact) mass is 292 g/mol. The summed E-state index contributed by atoms with van der Waals surface area (Å²) in [5.74, 6) is 0. The van der Waals surface area contributed by atoms with Crippen LogP contribution in [0.15, 0.2) is 6.20 Å². The van der Waals surface area contributed by atoms with Gasteiger partial charge in [0.05, 0.1) is 17.9 Å². The van der Waals surface area contributed by atoms with Crippen LogP contribution in [0, 0.1) is 0 Å². The van der Waals surface area contributed by atoms with Crippen molar-refractivity contribution in [2.75, 3.05) is 39.3 Å². The van der Waals surface area contributed by atoms with Crippen LogP contribution in [0.5, 0.6) is 0 Å². The Labute approximate surface area is 127 Å². The zero-order chi connectivity index (χ0) is 14.7. The molecule has 0 spiro atoms. The summed E-state index contributed by atoms with van der Waals surface area (Å²) in [5, 5.41) is 12.2. The summed E-state index contributed by atoms with van der Waals surface area (Å²) in [7, 11) is 0. The summed E-state index contributed by atoms with van der Waals surface area (Å²) in [4.78, 5) is 5.25. The third kappa shape index (κ3) is 3.12. The first-order valence-corrected chi connectivity index (χ1v) is 8.41. The van der Waals surface area contributed by atoms with Crippen molar-refractivity contribution in [1.82, 2.24) is 30.1 Å². The van der Waals surface area contributed by atoms with E-state index >= 15 is 0 Å². The first-order chi connectivity index (χ1) is 10.3. The van der Waals surface area contributed by atoms with E-state index < -0.39 is 0 Å². The fourth-order valence-corrected chi connectivity index (χ4v) is 3.60. The molecule has 1 N–H and O–H groups in total. The average molecular weight is 292 g/mol. The van der Waals surface area contributed by atoms with Crippen LogP contribution in [-0.4, -0.2) is 70.1 Å². The molecule has 1 aromatic heterocycles. The van der Waals surface area contributed by atoms with Crippen LogP contribution < -0.4 is 5.32 Å². The van der Waals surface area contributed by atoms with Crippen LogP contribution in [0.3, 0.4) is 0 Å². The second-order valence-electron chi connectivity index (χ2n) is 6.22. The van der Waals surface area contributed by atoms with E-state index in [-0.39, 0.29) is 0 Å². The Bertz CT molecular complexity index is 437. The van der Waals surface area contributed by atoms with Crippen molar-refractivity contribution in [3.8, 4) is 0 Å². The summed E-state index contributed by atoms with van der Waals surface area (Å²) in [6, 6.07) is 0.891. The summed E-state index contributed by atoms with van der Waals surface area (Å²) < 4.78 is 2.09. The number of hydrogen-bond donors (Lipinski definition) is 1. The van der Waals surface area contributed by atoms with Gasteiger partial charge in [-0.15, -0.1) is 5.10 Å². The van der Waals surface area contributed by atoms with E-state index in [0.717, 1.165) is 25.9 Å². The van der Waals surface area contributed by atoms with Crippen molar-refractivity contribution in [1.29, 1.82) is 0 Å². The number of aryl methyl sites for hydroxylation is 1. The summed E-state index contributed by atoms with van der Waals surface area (Å²) in [5.41, 5.74) is 1.25. The molecule has 3 saturated heterocycles. The van der Waals surface area contributed by atoms with Crippen molar-refractivity contribution in [2.24, 2.45) is 0 Å². The zero-order valence-corrected chi connectivity index (χ0v) is 13.3. The van der Waals surface area contributed by atoms with Crippen LogP contribution >= 0.6 is 0 Å². The van der Waals surface area contributed by atoms with Gasteiger partial charge in [0.1, 0.15) is 0 Å². The van der Waals surface area contributed by atoms with E-state index in [1.807, 2.05) is 6.20 Å². The highest BCUT2D eigenvalue weighted by Gasteiger charge is 2.38. The molecule has 2 atom stereocenters. The van der Waals surface area contributed by atoms with E-state index in [1.165, 1.54) is 38.4 Å². The smallest absolute Gasteiger partial charge is 0.0773 e. The molecule has 118 valence electrons. The van der Waals surface area contributed by atoms with Gasteiger partial charge in [-0.25, -0.2) is 4.68 Å². The van der Waals surface area contributed by atoms with E-state index in [2.05, 4.69) is 44.0 Å². The Hall–Kier alpha value is -0.980. The first-order valence-electron chi connectivity index (χ1n) is 8.41. The lowest BCUT2D eigenvalue weighted by Crippen LogP contribution is -2.64. The zero-order valence-electron chi connectivity index (χ0n) is 13.3. The molecule has 1 aromatic rings. The van der Waals surface area contributed by atoms with Gasteiger partial charge in [0, 0.05) is 45.3 Å². The van der Waals surface area contributed by atoms with Gasteiger partial charge in [-0.1, -0.05) is 19.1 Å². The maximum absolute atomic E-state index is 4.29. The third-order valence-electron chi connectivity index (χ3n) is 4.72. The Morgan fingerprint density at radius 3 is 2.67 bits per heavy atom. The molecule has 2 bridgehead atoms. The summed E-state index contributed by atoms with van der Waals surface area (Å²) in [6.07, 6.45) is 4.21. The summed E-state index contributed by atoms with van der Waals surface area (Å²) in [6.45, 7) is 12.4. The molecule has 3 fully saturated rings. The van der Waals surface area contributed by atoms with Crippen LogP contribution in [-0.2, 0) is 6.54 Å². The molecule has 0 aromatic carbocycles. The van der Waals surface area contributed by atoms with Gasteiger partial charge < -0.3 is 5.32 Å². The largest absolute Gasteiger partial charge is 0.307 e. The minimum atomic E-state index is 0.342. The Morgan fingerprint density at radius 1 is 1.24 bits per heavy atom. The lowest BCUT2D eigenvalue weighted by molar-refractivity contribution is -0.00497. The quantitative estimate of drug-likeness (QED) is 0.803. The first kappa shape index (κ1) is 14.9. The SMILES string of the molecule is CCCNC(c1cnnn1CCC)C1CN2CCN1CC2. The molecule has 6 nitrogen and oxygen atoms in total. The third-order valence-corrected chi connectivity index (χ3v) is 4.72. The predicted molar refractivity (Wildman–Crippen MR) is 83.1 cm³/mol. The van der Waals surface area contributed by atoms with Crippen molar-refractivity contribution in [3.05, 3.63) is 11.9 Å². The predicted octanol–water partition coefficient (Wildman–Crippen LogP) is 0.729. The van der Waals surface area contributed by atoms with Crippen molar-refractivity contribution in [2.45, 2.75) is 45.3 Å². The number of nitrogens with zero attached hydrogens (tertiary/aromatic N) is 5. The molecular formula is C15H28N6. The molecular weight excluding hydrogens is 264 g/mol. The number of piperazine rings is 3. The lowest BCUT2D eigenvalue weighted by Gasteiger charge is -2.50. The standard InChI is InChI=1S/C15H28N6/c1-3-5-16-15(13-11-17-18-21(13)6-4-2)14-12-19-7-9-20(14)10-8-19/h11,14-16H,3-10,12H2,1-2H3. The van der Waals surface area contributed by atoms with Crippen molar-refractivity contribution >= 4 is 0 Å². The molecule has 0 saturated carbocycles. The number of aromatic nitrogens is 3. The number of nitrogens with one attached hydrogen (secondary N) is 1. The molecule has 4 heterocycles. The maximum atomic E-state index is 4.29. The maximum Gasteiger partial charge on any atom is 0.0773 e. The van der Waals surface area contributed by atoms with Gasteiger partial charge >= 0.3 is 0 Å². The van der Waals surface area contributed by atoms with Crippen LogP contribution in [0.4, 0.5) is 0 Å². The van der Waals surface area contributed by atoms with E-state index in [0.29, 0.717) is 12.1 Å². The van der Waals surface area contributed by atoms with Crippen LogP contribution in [0.2, 0.25) is 0 Å².